The Morgan fingerprint density at radius 2 is 2.04 bits per heavy atom. The molecule has 27 heavy (non-hydrogen) atoms. The third-order valence-electron chi connectivity index (χ3n) is 4.11. The highest BCUT2D eigenvalue weighted by molar-refractivity contribution is 7.99. The minimum Gasteiger partial charge on any atom is -0.351 e. The van der Waals surface area contributed by atoms with Gasteiger partial charge in [-0.1, -0.05) is 55.4 Å². The van der Waals surface area contributed by atoms with Gasteiger partial charge in [-0.2, -0.15) is 0 Å². The van der Waals surface area contributed by atoms with E-state index in [-0.39, 0.29) is 5.91 Å². The topological polar surface area (TPSA) is 59.8 Å². The van der Waals surface area contributed by atoms with E-state index in [0.717, 1.165) is 41.5 Å². The van der Waals surface area contributed by atoms with E-state index in [9.17, 15) is 4.79 Å². The highest BCUT2D eigenvalue weighted by Gasteiger charge is 2.15. The molecule has 0 saturated heterocycles. The van der Waals surface area contributed by atoms with Crippen molar-refractivity contribution in [3.63, 3.8) is 0 Å². The van der Waals surface area contributed by atoms with E-state index in [1.807, 2.05) is 30.3 Å². The molecule has 0 fully saturated rings. The number of hydrogen-bond acceptors (Lipinski definition) is 5. The molecule has 1 aromatic carbocycles. The summed E-state index contributed by atoms with van der Waals surface area (Å²) in [7, 11) is 0. The SMILES string of the molecule is CCCc1cc(-c2nnc(SCC(=O)NCc3ccccc3)n2CC)cs1. The van der Waals surface area contributed by atoms with Gasteiger partial charge in [-0.3, -0.25) is 4.79 Å². The van der Waals surface area contributed by atoms with Crippen molar-refractivity contribution in [3.8, 4) is 11.4 Å². The van der Waals surface area contributed by atoms with Gasteiger partial charge in [0.1, 0.15) is 0 Å². The summed E-state index contributed by atoms with van der Waals surface area (Å²) >= 11 is 3.20. The van der Waals surface area contributed by atoms with Crippen LogP contribution in [-0.4, -0.2) is 26.4 Å². The summed E-state index contributed by atoms with van der Waals surface area (Å²) in [6.07, 6.45) is 2.23. The molecule has 3 rings (SSSR count). The Bertz CT molecular complexity index is 873. The monoisotopic (exact) mass is 400 g/mol. The number of carbonyl (C=O) groups excluding carboxylic acids is 1. The first kappa shape index (κ1) is 19.6. The number of thiophene rings is 1. The zero-order valence-electron chi connectivity index (χ0n) is 15.6. The minimum absolute atomic E-state index is 0.00294. The number of rotatable bonds is 9. The first-order chi connectivity index (χ1) is 13.2. The van der Waals surface area contributed by atoms with Crippen molar-refractivity contribution >= 4 is 29.0 Å². The summed E-state index contributed by atoms with van der Waals surface area (Å²) in [6.45, 7) is 5.58. The molecular formula is C20H24N4OS2. The van der Waals surface area contributed by atoms with Gasteiger partial charge in [0.15, 0.2) is 11.0 Å². The number of carbonyl (C=O) groups is 1. The van der Waals surface area contributed by atoms with Crippen LogP contribution in [0.25, 0.3) is 11.4 Å². The summed E-state index contributed by atoms with van der Waals surface area (Å²) in [5.41, 5.74) is 2.20. The number of aryl methyl sites for hydroxylation is 1. The second kappa shape index (κ2) is 9.71. The van der Waals surface area contributed by atoms with E-state index in [1.54, 1.807) is 11.3 Å². The molecule has 1 amide bonds. The molecule has 3 aromatic rings. The maximum Gasteiger partial charge on any atom is 0.230 e. The molecule has 142 valence electrons. The quantitative estimate of drug-likeness (QED) is 0.541. The van der Waals surface area contributed by atoms with Gasteiger partial charge in [-0.15, -0.1) is 21.5 Å². The smallest absolute Gasteiger partial charge is 0.230 e. The van der Waals surface area contributed by atoms with Crippen LogP contribution >= 0.6 is 23.1 Å². The molecule has 0 atom stereocenters. The molecular weight excluding hydrogens is 376 g/mol. The maximum atomic E-state index is 12.2. The van der Waals surface area contributed by atoms with Crippen molar-refractivity contribution in [2.75, 3.05) is 5.75 Å². The van der Waals surface area contributed by atoms with Crippen molar-refractivity contribution < 1.29 is 4.79 Å². The van der Waals surface area contributed by atoms with Gasteiger partial charge in [-0.25, -0.2) is 0 Å². The number of amides is 1. The Kier molecular flexibility index (Phi) is 7.06. The molecule has 0 bridgehead atoms. The largest absolute Gasteiger partial charge is 0.351 e. The Morgan fingerprint density at radius 3 is 2.78 bits per heavy atom. The molecule has 0 radical (unpaired) electrons. The highest BCUT2D eigenvalue weighted by Crippen LogP contribution is 2.28. The second-order valence-electron chi connectivity index (χ2n) is 6.15. The molecule has 0 aliphatic carbocycles. The fourth-order valence-electron chi connectivity index (χ4n) is 2.75. The molecule has 5 nitrogen and oxygen atoms in total. The lowest BCUT2D eigenvalue weighted by atomic mass is 10.2. The summed E-state index contributed by atoms with van der Waals surface area (Å²) < 4.78 is 2.08. The standard InChI is InChI=1S/C20H24N4OS2/c1-3-8-17-11-16(13-26-17)19-22-23-20(24(19)4-2)27-14-18(25)21-12-15-9-6-5-7-10-15/h5-7,9-11,13H,3-4,8,12,14H2,1-2H3,(H,21,25). The van der Waals surface area contributed by atoms with Crippen molar-refractivity contribution in [3.05, 3.63) is 52.2 Å². The van der Waals surface area contributed by atoms with Crippen molar-refractivity contribution in [2.45, 2.75) is 44.9 Å². The van der Waals surface area contributed by atoms with E-state index in [4.69, 9.17) is 0 Å². The average Bonchev–Trinajstić information content (AvgIpc) is 3.32. The average molecular weight is 401 g/mol. The van der Waals surface area contributed by atoms with E-state index < -0.39 is 0 Å². The van der Waals surface area contributed by atoms with Crippen LogP contribution in [-0.2, 0) is 24.3 Å². The van der Waals surface area contributed by atoms with Gasteiger partial charge in [0.05, 0.1) is 5.75 Å². The van der Waals surface area contributed by atoms with E-state index >= 15 is 0 Å². The summed E-state index contributed by atoms with van der Waals surface area (Å²) in [5.74, 6) is 1.20. The highest BCUT2D eigenvalue weighted by atomic mass is 32.2. The predicted molar refractivity (Wildman–Crippen MR) is 112 cm³/mol. The number of nitrogens with one attached hydrogen (secondary N) is 1. The maximum absolute atomic E-state index is 12.2. The van der Waals surface area contributed by atoms with Crippen LogP contribution in [0.2, 0.25) is 0 Å². The van der Waals surface area contributed by atoms with Gasteiger partial charge < -0.3 is 9.88 Å². The minimum atomic E-state index is -0.00294. The van der Waals surface area contributed by atoms with Crippen molar-refractivity contribution in [1.29, 1.82) is 0 Å². The Hall–Kier alpha value is -2.12. The fraction of sp³-hybridized carbons (Fsp3) is 0.350. The van der Waals surface area contributed by atoms with E-state index in [0.29, 0.717) is 12.3 Å². The molecule has 1 N–H and O–H groups in total. The number of thioether (sulfide) groups is 1. The van der Waals surface area contributed by atoms with Crippen LogP contribution < -0.4 is 5.32 Å². The molecule has 0 aliphatic rings. The van der Waals surface area contributed by atoms with Crippen LogP contribution in [0.4, 0.5) is 0 Å². The lowest BCUT2D eigenvalue weighted by Crippen LogP contribution is -2.24. The molecule has 7 heteroatoms. The van der Waals surface area contributed by atoms with Crippen LogP contribution in [0, 0.1) is 0 Å². The second-order valence-corrected chi connectivity index (χ2v) is 8.09. The fourth-order valence-corrected chi connectivity index (χ4v) is 4.55. The number of benzene rings is 1. The van der Waals surface area contributed by atoms with Crippen LogP contribution in [0.3, 0.4) is 0 Å². The van der Waals surface area contributed by atoms with E-state index in [1.165, 1.54) is 16.6 Å². The van der Waals surface area contributed by atoms with Gasteiger partial charge >= 0.3 is 0 Å². The van der Waals surface area contributed by atoms with Crippen LogP contribution in [0.5, 0.6) is 0 Å². The molecule has 0 saturated carbocycles. The normalized spacial score (nSPS) is 10.9. The third-order valence-corrected chi connectivity index (χ3v) is 6.07. The molecule has 2 heterocycles. The molecule has 0 aliphatic heterocycles. The van der Waals surface area contributed by atoms with Crippen LogP contribution in [0.15, 0.2) is 46.9 Å². The summed E-state index contributed by atoms with van der Waals surface area (Å²) in [4.78, 5) is 13.5. The Balaban J connectivity index is 1.60. The summed E-state index contributed by atoms with van der Waals surface area (Å²) in [5, 5.41) is 14.5. The third kappa shape index (κ3) is 5.20. The lowest BCUT2D eigenvalue weighted by Gasteiger charge is -2.07. The zero-order valence-corrected chi connectivity index (χ0v) is 17.3. The first-order valence-electron chi connectivity index (χ1n) is 9.15. The first-order valence-corrected chi connectivity index (χ1v) is 11.0. The molecule has 0 unspecified atom stereocenters. The van der Waals surface area contributed by atoms with Gasteiger partial charge in [0.2, 0.25) is 5.91 Å². The van der Waals surface area contributed by atoms with Gasteiger partial charge in [-0.05, 0) is 25.0 Å². The predicted octanol–water partition coefficient (Wildman–Crippen LogP) is 4.39. The Morgan fingerprint density at radius 1 is 1.22 bits per heavy atom. The van der Waals surface area contributed by atoms with Gasteiger partial charge in [0.25, 0.3) is 0 Å². The number of nitrogens with zero attached hydrogens (tertiary/aromatic N) is 3. The number of aromatic nitrogens is 3. The van der Waals surface area contributed by atoms with Crippen LogP contribution in [0.1, 0.15) is 30.7 Å². The van der Waals surface area contributed by atoms with Crippen molar-refractivity contribution in [1.82, 2.24) is 20.1 Å². The lowest BCUT2D eigenvalue weighted by molar-refractivity contribution is -0.118. The molecule has 2 aromatic heterocycles. The number of hydrogen-bond donors (Lipinski definition) is 1. The summed E-state index contributed by atoms with van der Waals surface area (Å²) in [6, 6.07) is 12.1. The Labute approximate surface area is 168 Å². The van der Waals surface area contributed by atoms with Crippen molar-refractivity contribution in [2.24, 2.45) is 0 Å². The van der Waals surface area contributed by atoms with Gasteiger partial charge in [0, 0.05) is 28.9 Å². The molecule has 0 spiro atoms. The zero-order chi connectivity index (χ0) is 19.1. The van der Waals surface area contributed by atoms with E-state index in [2.05, 4.69) is 45.4 Å².